The van der Waals surface area contributed by atoms with Crippen LogP contribution in [0.3, 0.4) is 0 Å². The lowest BCUT2D eigenvalue weighted by Crippen LogP contribution is -2.42. The molecule has 0 radical (unpaired) electrons. The number of carbonyl (C=O) groups excluding carboxylic acids is 2. The summed E-state index contributed by atoms with van der Waals surface area (Å²) in [6.07, 6.45) is 7.91. The number of morpholine rings is 1. The van der Waals surface area contributed by atoms with Crippen LogP contribution in [0, 0.1) is 0 Å². The molecule has 2 saturated heterocycles. The molecular formula is C30H31ClN8O3. The van der Waals surface area contributed by atoms with Crippen molar-refractivity contribution in [3.05, 3.63) is 72.2 Å². The van der Waals surface area contributed by atoms with Gasteiger partial charge in [-0.3, -0.25) is 9.59 Å². The van der Waals surface area contributed by atoms with E-state index >= 15 is 0 Å². The molecule has 12 heteroatoms. The molecule has 3 N–H and O–H groups in total. The van der Waals surface area contributed by atoms with Crippen LogP contribution >= 0.6 is 11.6 Å². The summed E-state index contributed by atoms with van der Waals surface area (Å²) in [6.45, 7) is 7.25. The lowest BCUT2D eigenvalue weighted by molar-refractivity contribution is -0.111. The molecule has 2 aliphatic rings. The zero-order valence-corrected chi connectivity index (χ0v) is 23.7. The Morgan fingerprint density at radius 2 is 1.93 bits per heavy atom. The van der Waals surface area contributed by atoms with Gasteiger partial charge in [0.1, 0.15) is 5.65 Å². The van der Waals surface area contributed by atoms with Crippen molar-refractivity contribution in [2.75, 3.05) is 54.9 Å². The van der Waals surface area contributed by atoms with Gasteiger partial charge in [-0.1, -0.05) is 18.2 Å². The molecule has 0 saturated carbocycles. The number of ether oxygens (including phenoxy) is 1. The fourth-order valence-corrected chi connectivity index (χ4v) is 5.58. The second kappa shape index (κ2) is 12.2. The Morgan fingerprint density at radius 1 is 1.12 bits per heavy atom. The number of anilines is 3. The number of hydrogen-bond acceptors (Lipinski definition) is 8. The Kier molecular flexibility index (Phi) is 8.02. The van der Waals surface area contributed by atoms with Gasteiger partial charge >= 0.3 is 0 Å². The molecule has 216 valence electrons. The highest BCUT2D eigenvalue weighted by atomic mass is 35.5. The zero-order chi connectivity index (χ0) is 29.1. The number of aromatic amines is 1. The Labute approximate surface area is 247 Å². The molecule has 1 aromatic carbocycles. The minimum Gasteiger partial charge on any atom is -0.378 e. The fourth-order valence-electron chi connectivity index (χ4n) is 5.39. The van der Waals surface area contributed by atoms with E-state index in [0.29, 0.717) is 67.3 Å². The van der Waals surface area contributed by atoms with E-state index < -0.39 is 0 Å². The highest BCUT2D eigenvalue weighted by Crippen LogP contribution is 2.32. The lowest BCUT2D eigenvalue weighted by atomic mass is 10.0. The SMILES string of the molecule is C=CC(=O)Nc1ccc(C(=O)N2CCC(Nc3ncc(Cl)c(-c4c[nH]c5ncccc45)n3)CC2)cc1N1CCOCC1. The maximum absolute atomic E-state index is 13.5. The first kappa shape index (κ1) is 27.7. The lowest BCUT2D eigenvalue weighted by Gasteiger charge is -2.33. The third-order valence-corrected chi connectivity index (χ3v) is 7.88. The Balaban J connectivity index is 1.13. The number of H-pyrrole nitrogens is 1. The highest BCUT2D eigenvalue weighted by Gasteiger charge is 2.26. The van der Waals surface area contributed by atoms with Crippen LogP contribution in [0.5, 0.6) is 0 Å². The van der Waals surface area contributed by atoms with E-state index in [9.17, 15) is 9.59 Å². The number of nitrogens with one attached hydrogen (secondary N) is 3. The Hall–Kier alpha value is -4.48. The predicted molar refractivity (Wildman–Crippen MR) is 163 cm³/mol. The molecule has 0 aliphatic carbocycles. The molecule has 4 aromatic rings. The molecular weight excluding hydrogens is 556 g/mol. The van der Waals surface area contributed by atoms with Gasteiger partial charge in [-0.05, 0) is 49.2 Å². The number of fused-ring (bicyclic) bond motifs is 1. The average Bonchev–Trinajstić information content (AvgIpc) is 3.46. The Morgan fingerprint density at radius 3 is 2.71 bits per heavy atom. The van der Waals surface area contributed by atoms with Gasteiger partial charge in [0.25, 0.3) is 5.91 Å². The topological polar surface area (TPSA) is 128 Å². The molecule has 2 amide bonds. The van der Waals surface area contributed by atoms with Gasteiger partial charge < -0.3 is 30.2 Å². The largest absolute Gasteiger partial charge is 0.378 e. The summed E-state index contributed by atoms with van der Waals surface area (Å²) in [4.78, 5) is 46.2. The van der Waals surface area contributed by atoms with Crippen molar-refractivity contribution < 1.29 is 14.3 Å². The molecule has 0 unspecified atom stereocenters. The number of piperidine rings is 1. The van der Waals surface area contributed by atoms with Crippen LogP contribution in [0.1, 0.15) is 23.2 Å². The van der Waals surface area contributed by atoms with Gasteiger partial charge in [0.05, 0.1) is 41.5 Å². The smallest absolute Gasteiger partial charge is 0.253 e. The second-order valence-corrected chi connectivity index (χ2v) is 10.6. The molecule has 0 spiro atoms. The van der Waals surface area contributed by atoms with Crippen molar-refractivity contribution in [1.82, 2.24) is 24.8 Å². The number of likely N-dealkylation sites (tertiary alicyclic amines) is 1. The number of nitrogens with zero attached hydrogens (tertiary/aromatic N) is 5. The van der Waals surface area contributed by atoms with Crippen molar-refractivity contribution in [1.29, 1.82) is 0 Å². The van der Waals surface area contributed by atoms with Gasteiger partial charge in [0, 0.05) is 61.1 Å². The summed E-state index contributed by atoms with van der Waals surface area (Å²) in [5, 5.41) is 7.68. The highest BCUT2D eigenvalue weighted by molar-refractivity contribution is 6.33. The van der Waals surface area contributed by atoms with Gasteiger partial charge in [-0.25, -0.2) is 15.0 Å². The molecule has 11 nitrogen and oxygen atoms in total. The summed E-state index contributed by atoms with van der Waals surface area (Å²) in [5.41, 5.74) is 4.29. The number of pyridine rings is 1. The molecule has 3 aromatic heterocycles. The molecule has 5 heterocycles. The molecule has 0 bridgehead atoms. The van der Waals surface area contributed by atoms with E-state index in [4.69, 9.17) is 21.3 Å². The zero-order valence-electron chi connectivity index (χ0n) is 23.0. The summed E-state index contributed by atoms with van der Waals surface area (Å²) >= 11 is 6.48. The van der Waals surface area contributed by atoms with E-state index in [1.165, 1.54) is 6.08 Å². The summed E-state index contributed by atoms with van der Waals surface area (Å²) in [5.74, 6) is 0.153. The van der Waals surface area contributed by atoms with E-state index in [1.807, 2.05) is 29.3 Å². The fraction of sp³-hybridized carbons (Fsp3) is 0.300. The number of carbonyl (C=O) groups is 2. The number of benzene rings is 1. The maximum atomic E-state index is 13.5. The van der Waals surface area contributed by atoms with Crippen molar-refractivity contribution in [3.8, 4) is 11.3 Å². The van der Waals surface area contributed by atoms with Crippen LogP contribution in [0.2, 0.25) is 5.02 Å². The summed E-state index contributed by atoms with van der Waals surface area (Å²) < 4.78 is 5.49. The first-order valence-corrected chi connectivity index (χ1v) is 14.3. The van der Waals surface area contributed by atoms with Crippen molar-refractivity contribution in [2.45, 2.75) is 18.9 Å². The van der Waals surface area contributed by atoms with Crippen molar-refractivity contribution >= 4 is 51.8 Å². The first-order valence-electron chi connectivity index (χ1n) is 13.9. The van der Waals surface area contributed by atoms with Crippen LogP contribution in [0.4, 0.5) is 17.3 Å². The minimum atomic E-state index is -0.298. The van der Waals surface area contributed by atoms with Crippen molar-refractivity contribution in [2.24, 2.45) is 0 Å². The second-order valence-electron chi connectivity index (χ2n) is 10.2. The van der Waals surface area contributed by atoms with Crippen LogP contribution in [0.15, 0.2) is 61.6 Å². The quantitative estimate of drug-likeness (QED) is 0.273. The third kappa shape index (κ3) is 5.79. The normalized spacial score (nSPS) is 15.9. The van der Waals surface area contributed by atoms with Gasteiger partial charge in [-0.15, -0.1) is 0 Å². The number of halogens is 1. The van der Waals surface area contributed by atoms with Crippen LogP contribution < -0.4 is 15.5 Å². The number of amides is 2. The van der Waals surface area contributed by atoms with Crippen LogP contribution in [-0.4, -0.2) is 82.1 Å². The summed E-state index contributed by atoms with van der Waals surface area (Å²) in [7, 11) is 0. The van der Waals surface area contributed by atoms with E-state index in [-0.39, 0.29) is 17.9 Å². The molecule has 42 heavy (non-hydrogen) atoms. The predicted octanol–water partition coefficient (Wildman–Crippen LogP) is 4.35. The molecule has 0 atom stereocenters. The van der Waals surface area contributed by atoms with E-state index in [1.54, 1.807) is 24.5 Å². The van der Waals surface area contributed by atoms with Crippen molar-refractivity contribution in [3.63, 3.8) is 0 Å². The van der Waals surface area contributed by atoms with E-state index in [0.717, 1.165) is 35.1 Å². The van der Waals surface area contributed by atoms with Gasteiger partial charge in [0.2, 0.25) is 11.9 Å². The van der Waals surface area contributed by atoms with Crippen LogP contribution in [-0.2, 0) is 9.53 Å². The average molecular weight is 587 g/mol. The number of rotatable bonds is 7. The standard InChI is InChI=1S/C30H31ClN8O3/c1-2-26(40)36-24-6-5-19(16-25(24)38-12-14-42-15-13-38)29(41)39-10-7-20(8-11-39)35-30-34-18-23(31)27(37-30)22-17-33-28-21(22)4-3-9-32-28/h2-6,9,16-18,20H,1,7-8,10-15H2,(H,32,33)(H,36,40)(H,34,35,37). The van der Waals surface area contributed by atoms with Crippen LogP contribution in [0.25, 0.3) is 22.3 Å². The minimum absolute atomic E-state index is 0.0393. The maximum Gasteiger partial charge on any atom is 0.253 e. The Bertz CT molecular complexity index is 1630. The monoisotopic (exact) mass is 586 g/mol. The summed E-state index contributed by atoms with van der Waals surface area (Å²) in [6, 6.07) is 9.36. The van der Waals surface area contributed by atoms with E-state index in [2.05, 4.69) is 37.1 Å². The van der Waals surface area contributed by atoms with Gasteiger partial charge in [-0.2, -0.15) is 0 Å². The number of aromatic nitrogens is 4. The number of hydrogen-bond donors (Lipinski definition) is 3. The molecule has 2 aliphatic heterocycles. The van der Waals surface area contributed by atoms with Gasteiger partial charge in [0.15, 0.2) is 0 Å². The molecule has 2 fully saturated rings. The molecule has 6 rings (SSSR count). The third-order valence-electron chi connectivity index (χ3n) is 7.61. The first-order chi connectivity index (χ1) is 20.5.